The van der Waals surface area contributed by atoms with Gasteiger partial charge in [0.25, 0.3) is 0 Å². The Labute approximate surface area is 111 Å². The van der Waals surface area contributed by atoms with Crippen LogP contribution in [0.25, 0.3) is 0 Å². The highest BCUT2D eigenvalue weighted by molar-refractivity contribution is 6.34. The molecule has 4 heteroatoms. The summed E-state index contributed by atoms with van der Waals surface area (Å²) >= 11 is 11.9. The molecule has 0 atom stereocenters. The van der Waals surface area contributed by atoms with E-state index >= 15 is 0 Å². The zero-order valence-electron chi connectivity index (χ0n) is 9.37. The van der Waals surface area contributed by atoms with Gasteiger partial charge in [0.1, 0.15) is 0 Å². The summed E-state index contributed by atoms with van der Waals surface area (Å²) in [5.74, 6) is 0. The molecule has 0 aliphatic carbocycles. The van der Waals surface area contributed by atoms with E-state index in [4.69, 9.17) is 23.2 Å². The van der Waals surface area contributed by atoms with Crippen LogP contribution in [0.4, 0.5) is 5.69 Å². The fraction of sp³-hybridized carbons (Fsp3) is 0.154. The number of benzene rings is 1. The SMILES string of the molecule is Cc1ncccc1NCc1cc(Cl)cc(Cl)c1. The maximum atomic E-state index is 5.94. The number of hydrogen-bond donors (Lipinski definition) is 1. The van der Waals surface area contributed by atoms with Crippen LogP contribution >= 0.6 is 23.2 Å². The molecule has 0 amide bonds. The molecule has 2 aromatic rings. The molecule has 0 radical (unpaired) electrons. The van der Waals surface area contributed by atoms with Crippen LogP contribution in [0.5, 0.6) is 0 Å². The number of pyridine rings is 1. The Balaban J connectivity index is 2.10. The summed E-state index contributed by atoms with van der Waals surface area (Å²) in [7, 11) is 0. The molecule has 0 unspecified atom stereocenters. The van der Waals surface area contributed by atoms with Crippen LogP contribution in [-0.2, 0) is 6.54 Å². The van der Waals surface area contributed by atoms with Gasteiger partial charge in [-0.15, -0.1) is 0 Å². The minimum Gasteiger partial charge on any atom is -0.380 e. The minimum atomic E-state index is 0.650. The molecule has 1 heterocycles. The number of rotatable bonds is 3. The summed E-state index contributed by atoms with van der Waals surface area (Å²) in [5.41, 5.74) is 3.04. The lowest BCUT2D eigenvalue weighted by Crippen LogP contribution is -2.01. The van der Waals surface area contributed by atoms with Gasteiger partial charge >= 0.3 is 0 Å². The molecule has 17 heavy (non-hydrogen) atoms. The minimum absolute atomic E-state index is 0.650. The van der Waals surface area contributed by atoms with E-state index in [1.54, 1.807) is 12.3 Å². The lowest BCUT2D eigenvalue weighted by Gasteiger charge is -2.09. The first-order chi connectivity index (χ1) is 8.15. The van der Waals surface area contributed by atoms with Gasteiger partial charge in [0.05, 0.1) is 11.4 Å². The Morgan fingerprint density at radius 1 is 1.18 bits per heavy atom. The molecule has 0 fully saturated rings. The number of nitrogens with one attached hydrogen (secondary N) is 1. The lowest BCUT2D eigenvalue weighted by molar-refractivity contribution is 1.11. The lowest BCUT2D eigenvalue weighted by atomic mass is 10.2. The van der Waals surface area contributed by atoms with Gasteiger partial charge < -0.3 is 5.32 Å². The van der Waals surface area contributed by atoms with Gasteiger partial charge in [-0.3, -0.25) is 4.98 Å². The normalized spacial score (nSPS) is 10.3. The number of nitrogens with zero attached hydrogens (tertiary/aromatic N) is 1. The maximum absolute atomic E-state index is 5.94. The molecule has 2 rings (SSSR count). The largest absolute Gasteiger partial charge is 0.380 e. The second-order valence-corrected chi connectivity index (χ2v) is 4.64. The van der Waals surface area contributed by atoms with Crippen LogP contribution in [0.2, 0.25) is 10.0 Å². The predicted octanol–water partition coefficient (Wildman–Crippen LogP) is 4.31. The fourth-order valence-electron chi connectivity index (χ4n) is 1.58. The number of hydrogen-bond acceptors (Lipinski definition) is 2. The monoisotopic (exact) mass is 266 g/mol. The zero-order chi connectivity index (χ0) is 12.3. The molecule has 1 N–H and O–H groups in total. The van der Waals surface area contributed by atoms with E-state index in [0.717, 1.165) is 16.9 Å². The molecular formula is C13H12Cl2N2. The van der Waals surface area contributed by atoms with Gasteiger partial charge in [0.2, 0.25) is 0 Å². The van der Waals surface area contributed by atoms with Gasteiger partial charge in [0, 0.05) is 22.8 Å². The standard InChI is InChI=1S/C13H12Cl2N2/c1-9-13(3-2-4-16-9)17-8-10-5-11(14)7-12(15)6-10/h2-7,17H,8H2,1H3. The molecule has 0 aliphatic rings. The van der Waals surface area contributed by atoms with E-state index in [9.17, 15) is 0 Å². The first-order valence-corrected chi connectivity index (χ1v) is 6.01. The van der Waals surface area contributed by atoms with E-state index in [1.807, 2.05) is 31.2 Å². The third-order valence-corrected chi connectivity index (χ3v) is 2.85. The number of aromatic nitrogens is 1. The summed E-state index contributed by atoms with van der Waals surface area (Å²) in [5, 5.41) is 4.60. The van der Waals surface area contributed by atoms with Crippen molar-refractivity contribution in [3.63, 3.8) is 0 Å². The average Bonchev–Trinajstić information content (AvgIpc) is 2.27. The van der Waals surface area contributed by atoms with E-state index in [0.29, 0.717) is 16.6 Å². The van der Waals surface area contributed by atoms with E-state index in [2.05, 4.69) is 10.3 Å². The smallest absolute Gasteiger partial charge is 0.0603 e. The summed E-state index contributed by atoms with van der Waals surface area (Å²) in [6.07, 6.45) is 1.77. The molecular weight excluding hydrogens is 255 g/mol. The van der Waals surface area contributed by atoms with Crippen molar-refractivity contribution in [2.75, 3.05) is 5.32 Å². The second-order valence-electron chi connectivity index (χ2n) is 3.77. The average molecular weight is 267 g/mol. The predicted molar refractivity (Wildman–Crippen MR) is 72.8 cm³/mol. The van der Waals surface area contributed by atoms with Crippen LogP contribution in [0.15, 0.2) is 36.5 Å². The summed E-state index contributed by atoms with van der Waals surface area (Å²) in [6.45, 7) is 2.64. The van der Waals surface area contributed by atoms with Gasteiger partial charge in [-0.1, -0.05) is 23.2 Å². The highest BCUT2D eigenvalue weighted by Crippen LogP contribution is 2.20. The van der Waals surface area contributed by atoms with E-state index < -0.39 is 0 Å². The third-order valence-electron chi connectivity index (χ3n) is 2.41. The topological polar surface area (TPSA) is 24.9 Å². The van der Waals surface area contributed by atoms with Crippen molar-refractivity contribution >= 4 is 28.9 Å². The van der Waals surface area contributed by atoms with Crippen molar-refractivity contribution in [1.82, 2.24) is 4.98 Å². The Kier molecular flexibility index (Phi) is 3.87. The van der Waals surface area contributed by atoms with Crippen molar-refractivity contribution < 1.29 is 0 Å². The van der Waals surface area contributed by atoms with Crippen LogP contribution in [-0.4, -0.2) is 4.98 Å². The van der Waals surface area contributed by atoms with Crippen molar-refractivity contribution in [2.45, 2.75) is 13.5 Å². The van der Waals surface area contributed by atoms with Crippen LogP contribution in [0, 0.1) is 6.92 Å². The van der Waals surface area contributed by atoms with E-state index in [1.165, 1.54) is 0 Å². The molecule has 88 valence electrons. The van der Waals surface area contributed by atoms with Gasteiger partial charge in [0.15, 0.2) is 0 Å². The van der Waals surface area contributed by atoms with Crippen LogP contribution in [0.1, 0.15) is 11.3 Å². The fourth-order valence-corrected chi connectivity index (χ4v) is 2.15. The molecule has 1 aromatic heterocycles. The highest BCUT2D eigenvalue weighted by atomic mass is 35.5. The molecule has 0 spiro atoms. The van der Waals surface area contributed by atoms with Crippen molar-refractivity contribution in [3.05, 3.63) is 57.8 Å². The first kappa shape index (κ1) is 12.2. The quantitative estimate of drug-likeness (QED) is 0.896. The van der Waals surface area contributed by atoms with Gasteiger partial charge in [-0.25, -0.2) is 0 Å². The molecule has 0 bridgehead atoms. The molecule has 0 saturated heterocycles. The third kappa shape index (κ3) is 3.35. The molecule has 2 nitrogen and oxygen atoms in total. The molecule has 1 aromatic carbocycles. The van der Waals surface area contributed by atoms with Crippen LogP contribution in [0.3, 0.4) is 0 Å². The summed E-state index contributed by atoms with van der Waals surface area (Å²) < 4.78 is 0. The van der Waals surface area contributed by atoms with Gasteiger partial charge in [-0.05, 0) is 42.8 Å². The van der Waals surface area contributed by atoms with Crippen LogP contribution < -0.4 is 5.32 Å². The number of halogens is 2. The van der Waals surface area contributed by atoms with Crippen molar-refractivity contribution in [2.24, 2.45) is 0 Å². The highest BCUT2D eigenvalue weighted by Gasteiger charge is 2.00. The summed E-state index contributed by atoms with van der Waals surface area (Å²) in [4.78, 5) is 4.21. The Morgan fingerprint density at radius 3 is 2.53 bits per heavy atom. The number of aryl methyl sites for hydroxylation is 1. The second kappa shape index (κ2) is 5.39. The number of anilines is 1. The van der Waals surface area contributed by atoms with Gasteiger partial charge in [-0.2, -0.15) is 0 Å². The Hall–Kier alpha value is -1.25. The zero-order valence-corrected chi connectivity index (χ0v) is 10.9. The molecule has 0 aliphatic heterocycles. The van der Waals surface area contributed by atoms with Crippen molar-refractivity contribution in [1.29, 1.82) is 0 Å². The summed E-state index contributed by atoms with van der Waals surface area (Å²) in [6, 6.07) is 9.41. The van der Waals surface area contributed by atoms with Crippen molar-refractivity contribution in [3.8, 4) is 0 Å². The first-order valence-electron chi connectivity index (χ1n) is 5.25. The molecule has 0 saturated carbocycles. The Morgan fingerprint density at radius 2 is 1.88 bits per heavy atom. The van der Waals surface area contributed by atoms with E-state index in [-0.39, 0.29) is 0 Å². The maximum Gasteiger partial charge on any atom is 0.0603 e. The Bertz CT molecular complexity index is 506.